The van der Waals surface area contributed by atoms with Gasteiger partial charge in [0.15, 0.2) is 0 Å². The van der Waals surface area contributed by atoms with Gasteiger partial charge in [-0.2, -0.15) is 0 Å². The zero-order valence-electron chi connectivity index (χ0n) is 10.2. The summed E-state index contributed by atoms with van der Waals surface area (Å²) < 4.78 is 0. The molecule has 0 aromatic heterocycles. The second-order valence-corrected chi connectivity index (χ2v) is 5.41. The molecule has 0 aliphatic carbocycles. The predicted octanol–water partition coefficient (Wildman–Crippen LogP) is 4.02. The molecule has 1 atom stereocenters. The second kappa shape index (κ2) is 6.44. The molecular formula is C14H17Cl2NO. The van der Waals surface area contributed by atoms with Crippen molar-refractivity contribution in [3.05, 3.63) is 34.9 Å². The predicted molar refractivity (Wildman–Crippen MR) is 75.1 cm³/mol. The van der Waals surface area contributed by atoms with Crippen molar-refractivity contribution in [2.24, 2.45) is 0 Å². The largest absolute Gasteiger partial charge is 0.336 e. The molecule has 4 heteroatoms. The SMILES string of the molecule is O=C(CCCCl)N1CCCC1c1cccc(Cl)c1. The van der Waals surface area contributed by atoms with Gasteiger partial charge in [0.1, 0.15) is 0 Å². The Balaban J connectivity index is 2.10. The molecule has 0 spiro atoms. The van der Waals surface area contributed by atoms with E-state index in [1.165, 1.54) is 0 Å². The van der Waals surface area contributed by atoms with Gasteiger partial charge in [0.25, 0.3) is 0 Å². The summed E-state index contributed by atoms with van der Waals surface area (Å²) in [5.74, 6) is 0.750. The van der Waals surface area contributed by atoms with Crippen molar-refractivity contribution in [1.29, 1.82) is 0 Å². The van der Waals surface area contributed by atoms with Crippen molar-refractivity contribution in [3.8, 4) is 0 Å². The maximum absolute atomic E-state index is 12.1. The Morgan fingerprint density at radius 1 is 1.44 bits per heavy atom. The van der Waals surface area contributed by atoms with Crippen LogP contribution in [0.25, 0.3) is 0 Å². The van der Waals surface area contributed by atoms with Crippen molar-refractivity contribution in [3.63, 3.8) is 0 Å². The first-order chi connectivity index (χ1) is 8.72. The molecular weight excluding hydrogens is 269 g/mol. The van der Waals surface area contributed by atoms with Crippen LogP contribution in [0.3, 0.4) is 0 Å². The number of hydrogen-bond acceptors (Lipinski definition) is 1. The fraction of sp³-hybridized carbons (Fsp3) is 0.500. The highest BCUT2D eigenvalue weighted by Gasteiger charge is 2.29. The van der Waals surface area contributed by atoms with Crippen LogP contribution < -0.4 is 0 Å². The number of nitrogens with zero attached hydrogens (tertiary/aromatic N) is 1. The third kappa shape index (κ3) is 3.18. The molecule has 2 rings (SSSR count). The van der Waals surface area contributed by atoms with Gasteiger partial charge in [-0.3, -0.25) is 4.79 Å². The van der Waals surface area contributed by atoms with Crippen molar-refractivity contribution >= 4 is 29.1 Å². The van der Waals surface area contributed by atoms with E-state index in [0.717, 1.165) is 36.4 Å². The van der Waals surface area contributed by atoms with E-state index in [9.17, 15) is 4.79 Å². The third-order valence-corrected chi connectivity index (χ3v) is 3.83. The average Bonchev–Trinajstić information content (AvgIpc) is 2.85. The molecule has 1 heterocycles. The summed E-state index contributed by atoms with van der Waals surface area (Å²) in [5, 5.41) is 0.729. The number of amides is 1. The Labute approximate surface area is 118 Å². The molecule has 98 valence electrons. The van der Waals surface area contributed by atoms with Gasteiger partial charge in [-0.1, -0.05) is 23.7 Å². The summed E-state index contributed by atoms with van der Waals surface area (Å²) in [6, 6.07) is 7.99. The first kappa shape index (κ1) is 13.7. The van der Waals surface area contributed by atoms with Gasteiger partial charge in [0, 0.05) is 23.9 Å². The fourth-order valence-corrected chi connectivity index (χ4v) is 2.82. The van der Waals surface area contributed by atoms with Crippen LogP contribution in [0.2, 0.25) is 5.02 Å². The Bertz CT molecular complexity index is 422. The van der Waals surface area contributed by atoms with Crippen LogP contribution in [0.1, 0.15) is 37.3 Å². The minimum atomic E-state index is 0.187. The molecule has 1 aliphatic heterocycles. The number of carbonyl (C=O) groups excluding carboxylic acids is 1. The van der Waals surface area contributed by atoms with Crippen molar-refractivity contribution < 1.29 is 4.79 Å². The first-order valence-corrected chi connectivity index (χ1v) is 7.24. The second-order valence-electron chi connectivity index (χ2n) is 4.59. The van der Waals surface area contributed by atoms with Crippen LogP contribution in [-0.4, -0.2) is 23.2 Å². The maximum Gasteiger partial charge on any atom is 0.223 e. The molecule has 1 aromatic carbocycles. The number of alkyl halides is 1. The first-order valence-electron chi connectivity index (χ1n) is 6.33. The minimum absolute atomic E-state index is 0.187. The zero-order valence-corrected chi connectivity index (χ0v) is 11.8. The van der Waals surface area contributed by atoms with Gasteiger partial charge in [0.2, 0.25) is 5.91 Å². The lowest BCUT2D eigenvalue weighted by molar-refractivity contribution is -0.132. The molecule has 1 aliphatic rings. The highest BCUT2D eigenvalue weighted by atomic mass is 35.5. The topological polar surface area (TPSA) is 20.3 Å². The lowest BCUT2D eigenvalue weighted by Crippen LogP contribution is -2.30. The molecule has 0 bridgehead atoms. The van der Waals surface area contributed by atoms with E-state index in [-0.39, 0.29) is 11.9 Å². The Kier molecular flexibility index (Phi) is 4.90. The summed E-state index contributed by atoms with van der Waals surface area (Å²) in [4.78, 5) is 14.1. The zero-order chi connectivity index (χ0) is 13.0. The molecule has 18 heavy (non-hydrogen) atoms. The average molecular weight is 286 g/mol. The minimum Gasteiger partial charge on any atom is -0.336 e. The number of likely N-dealkylation sites (tertiary alicyclic amines) is 1. The van der Waals surface area contributed by atoms with Crippen LogP contribution in [0.4, 0.5) is 0 Å². The van der Waals surface area contributed by atoms with Crippen LogP contribution in [0.15, 0.2) is 24.3 Å². The third-order valence-electron chi connectivity index (χ3n) is 3.33. The van der Waals surface area contributed by atoms with Gasteiger partial charge in [-0.15, -0.1) is 11.6 Å². The van der Waals surface area contributed by atoms with E-state index in [1.807, 2.05) is 29.2 Å². The van der Waals surface area contributed by atoms with E-state index < -0.39 is 0 Å². The smallest absolute Gasteiger partial charge is 0.223 e. The normalized spacial score (nSPS) is 19.2. The number of benzene rings is 1. The van der Waals surface area contributed by atoms with Crippen LogP contribution in [0, 0.1) is 0 Å². The monoisotopic (exact) mass is 285 g/mol. The van der Waals surface area contributed by atoms with Crippen molar-refractivity contribution in [2.45, 2.75) is 31.7 Å². The summed E-state index contributed by atoms with van der Waals surface area (Å²) in [5.41, 5.74) is 1.14. The molecule has 1 saturated heterocycles. The number of rotatable bonds is 4. The highest BCUT2D eigenvalue weighted by molar-refractivity contribution is 6.30. The molecule has 2 nitrogen and oxygen atoms in total. The van der Waals surface area contributed by atoms with E-state index >= 15 is 0 Å². The quantitative estimate of drug-likeness (QED) is 0.765. The van der Waals surface area contributed by atoms with E-state index in [1.54, 1.807) is 0 Å². The van der Waals surface area contributed by atoms with E-state index in [4.69, 9.17) is 23.2 Å². The Morgan fingerprint density at radius 2 is 2.28 bits per heavy atom. The van der Waals surface area contributed by atoms with Gasteiger partial charge in [0.05, 0.1) is 6.04 Å². The fourth-order valence-electron chi connectivity index (χ4n) is 2.49. The van der Waals surface area contributed by atoms with Crippen LogP contribution in [-0.2, 0) is 4.79 Å². The molecule has 0 saturated carbocycles. The lowest BCUT2D eigenvalue weighted by Gasteiger charge is -2.25. The summed E-state index contributed by atoms with van der Waals surface area (Å²) in [6.07, 6.45) is 3.37. The molecule has 1 fully saturated rings. The molecule has 1 unspecified atom stereocenters. The molecule has 0 radical (unpaired) electrons. The molecule has 1 amide bonds. The number of carbonyl (C=O) groups is 1. The molecule has 0 N–H and O–H groups in total. The van der Waals surface area contributed by atoms with Gasteiger partial charge >= 0.3 is 0 Å². The maximum atomic E-state index is 12.1. The van der Waals surface area contributed by atoms with Crippen LogP contribution >= 0.6 is 23.2 Å². The Hall–Kier alpha value is -0.730. The van der Waals surface area contributed by atoms with Crippen molar-refractivity contribution in [2.75, 3.05) is 12.4 Å². The molecule has 1 aromatic rings. The highest BCUT2D eigenvalue weighted by Crippen LogP contribution is 2.33. The number of hydrogen-bond donors (Lipinski definition) is 0. The lowest BCUT2D eigenvalue weighted by atomic mass is 10.0. The van der Waals surface area contributed by atoms with E-state index in [0.29, 0.717) is 12.3 Å². The van der Waals surface area contributed by atoms with E-state index in [2.05, 4.69) is 0 Å². The van der Waals surface area contributed by atoms with Gasteiger partial charge in [-0.25, -0.2) is 0 Å². The number of halogens is 2. The van der Waals surface area contributed by atoms with Gasteiger partial charge in [-0.05, 0) is 37.0 Å². The Morgan fingerprint density at radius 3 is 3.00 bits per heavy atom. The standard InChI is InChI=1S/C14H17Cl2NO/c15-8-2-7-14(18)17-9-3-6-13(17)11-4-1-5-12(16)10-11/h1,4-5,10,13H,2-3,6-9H2. The summed E-state index contributed by atoms with van der Waals surface area (Å²) in [6.45, 7) is 0.846. The summed E-state index contributed by atoms with van der Waals surface area (Å²) in [7, 11) is 0. The summed E-state index contributed by atoms with van der Waals surface area (Å²) >= 11 is 11.7. The van der Waals surface area contributed by atoms with Crippen LogP contribution in [0.5, 0.6) is 0 Å². The van der Waals surface area contributed by atoms with Gasteiger partial charge < -0.3 is 4.90 Å². The van der Waals surface area contributed by atoms with Crippen molar-refractivity contribution in [1.82, 2.24) is 4.90 Å².